The Balaban J connectivity index is 2.18. The van der Waals surface area contributed by atoms with Crippen LogP contribution in [0.3, 0.4) is 0 Å². The van der Waals surface area contributed by atoms with E-state index in [1.165, 1.54) is 36.4 Å². The second kappa shape index (κ2) is 25.7. The first-order valence-corrected chi connectivity index (χ1v) is 20.4. The third-order valence-corrected chi connectivity index (χ3v) is 10.1. The van der Waals surface area contributed by atoms with E-state index < -0.39 is 58.3 Å². The molecule has 0 fully saturated rings. The third kappa shape index (κ3) is 18.8. The van der Waals surface area contributed by atoms with Gasteiger partial charge in [-0.15, -0.1) is 0 Å². The van der Waals surface area contributed by atoms with E-state index in [-0.39, 0.29) is 85.2 Å². The van der Waals surface area contributed by atoms with Crippen LogP contribution in [0.5, 0.6) is 11.5 Å². The molecule has 330 valence electrons. The van der Waals surface area contributed by atoms with E-state index in [0.717, 1.165) is 12.7 Å². The number of nitrogens with two attached hydrogens (primary N) is 6. The first-order valence-electron chi connectivity index (χ1n) is 18.9. The zero-order valence-electron chi connectivity index (χ0n) is 34.1. The molecule has 60 heavy (non-hydrogen) atoms. The molecule has 0 saturated carbocycles. The Morgan fingerprint density at radius 1 is 0.633 bits per heavy atom. The number of guanidine groups is 3. The highest BCUT2D eigenvalue weighted by Gasteiger charge is 2.30. The zero-order chi connectivity index (χ0) is 44.7. The summed E-state index contributed by atoms with van der Waals surface area (Å²) < 4.78 is 42.6. The normalized spacial score (nSPS) is 12.2. The van der Waals surface area contributed by atoms with E-state index in [4.69, 9.17) is 48.6 Å². The lowest BCUT2D eigenvalue weighted by molar-refractivity contribution is -0.145. The lowest BCUT2D eigenvalue weighted by Gasteiger charge is -2.25. The van der Waals surface area contributed by atoms with Crippen molar-refractivity contribution in [3.8, 4) is 11.5 Å². The van der Waals surface area contributed by atoms with E-state index in [1.807, 2.05) is 19.9 Å². The maximum atomic E-state index is 13.7. The number of nitrogens with zero attached hydrogens (tertiary/aromatic N) is 3. The van der Waals surface area contributed by atoms with Gasteiger partial charge in [0.15, 0.2) is 24.5 Å². The molecule has 0 spiro atoms. The SMILES string of the molecule is COC(=O)[C@H](CCCN=C(N)N)NC(=O)[C@H](CCCN=C(N)N)NC(=O)[C@H](CCCN=C(N)N)NC(=O)COc1ccc(S(=O)(=O)c2ccc(OCC=C(C)C)cc2)cc1. The molecule has 0 unspecified atom stereocenters. The van der Waals surface area contributed by atoms with Gasteiger partial charge in [0.05, 0.1) is 16.9 Å². The third-order valence-electron chi connectivity index (χ3n) is 8.30. The van der Waals surface area contributed by atoms with Crippen LogP contribution in [0.15, 0.2) is 84.9 Å². The van der Waals surface area contributed by atoms with Gasteiger partial charge < -0.3 is 64.6 Å². The molecule has 2 aromatic rings. The summed E-state index contributed by atoms with van der Waals surface area (Å²) in [5.74, 6) is -2.66. The summed E-state index contributed by atoms with van der Waals surface area (Å²) in [6, 6.07) is 8.01. The summed E-state index contributed by atoms with van der Waals surface area (Å²) in [6.45, 7) is 4.14. The molecular formula is C38H58N12O9S. The minimum Gasteiger partial charge on any atom is -0.490 e. The lowest BCUT2D eigenvalue weighted by atomic mass is 10.1. The number of amides is 3. The largest absolute Gasteiger partial charge is 0.490 e. The Hall–Kier alpha value is -6.58. The summed E-state index contributed by atoms with van der Waals surface area (Å²) in [4.78, 5) is 64.7. The smallest absolute Gasteiger partial charge is 0.328 e. The molecule has 2 rings (SSSR count). The fourth-order valence-electron chi connectivity index (χ4n) is 5.24. The number of hydrogen-bond acceptors (Lipinski definition) is 12. The van der Waals surface area contributed by atoms with Crippen molar-refractivity contribution in [2.75, 3.05) is 40.0 Å². The summed E-state index contributed by atoms with van der Waals surface area (Å²) in [5.41, 5.74) is 33.6. The number of allylic oxidation sites excluding steroid dienone is 1. The molecule has 0 aliphatic carbocycles. The van der Waals surface area contributed by atoms with Crippen LogP contribution < -0.4 is 59.8 Å². The minimum atomic E-state index is -3.88. The van der Waals surface area contributed by atoms with Crippen LogP contribution in [0.25, 0.3) is 0 Å². The minimum absolute atomic E-state index is 0.00392. The quantitative estimate of drug-likeness (QED) is 0.0181. The molecule has 0 saturated heterocycles. The fraction of sp³-hybridized carbons (Fsp3) is 0.447. The number of benzene rings is 2. The number of carbonyl (C=O) groups excluding carboxylic acids is 4. The van der Waals surface area contributed by atoms with Crippen LogP contribution in [0, 0.1) is 0 Å². The first kappa shape index (κ1) is 49.6. The number of aliphatic imine (C=N–C) groups is 3. The Morgan fingerprint density at radius 3 is 1.45 bits per heavy atom. The molecule has 0 aliphatic rings. The first-order chi connectivity index (χ1) is 28.4. The molecule has 0 aromatic heterocycles. The van der Waals surface area contributed by atoms with Crippen LogP contribution in [-0.4, -0.2) is 108 Å². The van der Waals surface area contributed by atoms with Gasteiger partial charge in [-0.05, 0) is 107 Å². The highest BCUT2D eigenvalue weighted by molar-refractivity contribution is 7.91. The van der Waals surface area contributed by atoms with Gasteiger partial charge in [-0.2, -0.15) is 0 Å². The van der Waals surface area contributed by atoms with Gasteiger partial charge in [-0.3, -0.25) is 29.4 Å². The number of sulfone groups is 1. The number of rotatable bonds is 26. The molecule has 0 heterocycles. The van der Waals surface area contributed by atoms with Crippen molar-refractivity contribution in [3.63, 3.8) is 0 Å². The zero-order valence-corrected chi connectivity index (χ0v) is 34.9. The van der Waals surface area contributed by atoms with Gasteiger partial charge in [-0.25, -0.2) is 13.2 Å². The second-order valence-electron chi connectivity index (χ2n) is 13.4. The number of esters is 1. The van der Waals surface area contributed by atoms with Crippen LogP contribution in [0.2, 0.25) is 0 Å². The Labute approximate surface area is 349 Å². The predicted molar refractivity (Wildman–Crippen MR) is 226 cm³/mol. The monoisotopic (exact) mass is 858 g/mol. The van der Waals surface area contributed by atoms with E-state index in [2.05, 4.69) is 30.9 Å². The number of nitrogens with one attached hydrogen (secondary N) is 3. The van der Waals surface area contributed by atoms with Crippen LogP contribution in [0.1, 0.15) is 52.4 Å². The fourth-order valence-corrected chi connectivity index (χ4v) is 6.50. The topological polar surface area (TPSA) is 359 Å². The molecule has 2 aromatic carbocycles. The van der Waals surface area contributed by atoms with Crippen LogP contribution in [-0.2, 0) is 33.8 Å². The molecule has 22 heteroatoms. The highest BCUT2D eigenvalue weighted by atomic mass is 32.2. The van der Waals surface area contributed by atoms with E-state index in [0.29, 0.717) is 18.8 Å². The molecule has 3 atom stereocenters. The maximum Gasteiger partial charge on any atom is 0.328 e. The second-order valence-corrected chi connectivity index (χ2v) is 15.4. The molecule has 0 bridgehead atoms. The molecule has 3 amide bonds. The molecular weight excluding hydrogens is 801 g/mol. The van der Waals surface area contributed by atoms with Crippen molar-refractivity contribution >= 4 is 51.4 Å². The Morgan fingerprint density at radius 2 is 1.03 bits per heavy atom. The average Bonchev–Trinajstić information content (AvgIpc) is 3.19. The van der Waals surface area contributed by atoms with Gasteiger partial charge in [0, 0.05) is 19.6 Å². The van der Waals surface area contributed by atoms with Gasteiger partial charge in [-0.1, -0.05) is 5.57 Å². The molecule has 15 N–H and O–H groups in total. The van der Waals surface area contributed by atoms with Crippen LogP contribution >= 0.6 is 0 Å². The predicted octanol–water partition coefficient (Wildman–Crippen LogP) is -0.969. The molecule has 21 nitrogen and oxygen atoms in total. The molecule has 0 aliphatic heterocycles. The van der Waals surface area contributed by atoms with Crippen molar-refractivity contribution in [3.05, 3.63) is 60.2 Å². The van der Waals surface area contributed by atoms with Gasteiger partial charge >= 0.3 is 5.97 Å². The summed E-state index contributed by atoms with van der Waals surface area (Å²) in [5, 5.41) is 7.86. The summed E-state index contributed by atoms with van der Waals surface area (Å²) in [6.07, 6.45) is 2.91. The lowest BCUT2D eigenvalue weighted by Crippen LogP contribution is -2.56. The maximum absolute atomic E-state index is 13.7. The number of carbonyl (C=O) groups is 4. The van der Waals surface area contributed by atoms with Crippen molar-refractivity contribution in [2.45, 2.75) is 80.3 Å². The van der Waals surface area contributed by atoms with E-state index >= 15 is 0 Å². The number of hydrogen-bond donors (Lipinski definition) is 9. The summed E-state index contributed by atoms with van der Waals surface area (Å²) in [7, 11) is -2.72. The highest BCUT2D eigenvalue weighted by Crippen LogP contribution is 2.25. The van der Waals surface area contributed by atoms with E-state index in [1.54, 1.807) is 12.1 Å². The van der Waals surface area contributed by atoms with E-state index in [9.17, 15) is 27.6 Å². The molecule has 0 radical (unpaired) electrons. The number of ether oxygens (including phenoxy) is 3. The van der Waals surface area contributed by atoms with Crippen molar-refractivity contribution < 1.29 is 41.8 Å². The van der Waals surface area contributed by atoms with Crippen molar-refractivity contribution in [2.24, 2.45) is 49.4 Å². The average molecular weight is 859 g/mol. The van der Waals surface area contributed by atoms with Crippen LogP contribution in [0.4, 0.5) is 0 Å². The van der Waals surface area contributed by atoms with Gasteiger partial charge in [0.2, 0.25) is 21.7 Å². The van der Waals surface area contributed by atoms with Gasteiger partial charge in [0.25, 0.3) is 5.91 Å². The number of methoxy groups -OCH3 is 1. The van der Waals surface area contributed by atoms with Crippen molar-refractivity contribution in [1.29, 1.82) is 0 Å². The Bertz CT molecular complexity index is 1940. The van der Waals surface area contributed by atoms with Crippen molar-refractivity contribution in [1.82, 2.24) is 16.0 Å². The van der Waals surface area contributed by atoms with Gasteiger partial charge in [0.1, 0.15) is 36.2 Å². The summed E-state index contributed by atoms with van der Waals surface area (Å²) >= 11 is 0. The Kier molecular flexibility index (Phi) is 21.2. The standard InChI is InChI=1S/C38H58N12O9S/c1-24(2)18-22-58-25-10-14-27(15-11-25)60(55,56)28-16-12-26(13-17-28)59-23-32(51)48-29(7-4-19-45-36(39)40)33(52)49-30(8-5-20-46-37(41)42)34(53)50-31(35(54)57-3)9-6-21-47-38(43)44/h10-18,29-31H,4-9,19-23H2,1-3H3,(H,48,51)(H,49,52)(H,50,53)(H4,39,40,45)(H4,41,42,46)(H4,43,44,47)/t29-,30-,31-/m0/s1.